The van der Waals surface area contributed by atoms with Gasteiger partial charge in [-0.1, -0.05) is 0 Å². The van der Waals surface area contributed by atoms with Crippen molar-refractivity contribution in [3.05, 3.63) is 39.7 Å². The number of H-pyrrole nitrogens is 1. The lowest BCUT2D eigenvalue weighted by Gasteiger charge is -2.15. The molecule has 1 heterocycles. The number of aryl methyl sites for hydroxylation is 2. The second kappa shape index (κ2) is 4.88. The minimum absolute atomic E-state index is 0.0303. The van der Waals surface area contributed by atoms with E-state index in [1.54, 1.807) is 19.1 Å². The van der Waals surface area contributed by atoms with Gasteiger partial charge in [-0.05, 0) is 44.9 Å². The number of rotatable bonds is 3. The van der Waals surface area contributed by atoms with Crippen LogP contribution in [0.25, 0.3) is 10.9 Å². The Kier molecular flexibility index (Phi) is 3.42. The van der Waals surface area contributed by atoms with Gasteiger partial charge in [0, 0.05) is 17.5 Å². The zero-order chi connectivity index (χ0) is 14.2. The molecule has 1 aromatic carbocycles. The van der Waals surface area contributed by atoms with E-state index in [2.05, 4.69) is 4.98 Å². The highest BCUT2D eigenvalue weighted by Gasteiger charge is 2.12. The van der Waals surface area contributed by atoms with Crippen LogP contribution < -0.4 is 10.3 Å². The smallest absolute Gasteiger partial charge is 0.248 e. The summed E-state index contributed by atoms with van der Waals surface area (Å²) < 4.78 is 5.62. The third-order valence-electron chi connectivity index (χ3n) is 3.22. The first-order valence-electron chi connectivity index (χ1n) is 6.20. The van der Waals surface area contributed by atoms with Crippen molar-refractivity contribution >= 4 is 16.7 Å². The number of benzene rings is 1. The van der Waals surface area contributed by atoms with Gasteiger partial charge in [0.1, 0.15) is 5.75 Å². The Hall–Kier alpha value is -2.10. The molecule has 2 rings (SSSR count). The highest BCUT2D eigenvalue weighted by molar-refractivity contribution is 5.85. The first-order chi connectivity index (χ1) is 8.88. The number of aromatic amines is 1. The molecule has 0 aliphatic carbocycles. The second-order valence-corrected chi connectivity index (χ2v) is 4.85. The fourth-order valence-electron chi connectivity index (χ4n) is 1.96. The van der Waals surface area contributed by atoms with Crippen molar-refractivity contribution < 1.29 is 9.53 Å². The van der Waals surface area contributed by atoms with Gasteiger partial charge in [-0.3, -0.25) is 9.59 Å². The third-order valence-corrected chi connectivity index (χ3v) is 3.22. The van der Waals surface area contributed by atoms with Crippen LogP contribution in [-0.2, 0) is 4.79 Å². The Bertz CT molecular complexity index is 700. The predicted molar refractivity (Wildman–Crippen MR) is 74.8 cm³/mol. The molecule has 4 heteroatoms. The summed E-state index contributed by atoms with van der Waals surface area (Å²) in [5, 5.41) is 0.986. The molecule has 1 atom stereocenters. The van der Waals surface area contributed by atoms with Gasteiger partial charge in [0.2, 0.25) is 5.56 Å². The fraction of sp³-hybridized carbons (Fsp3) is 0.333. The number of carbonyl (C=O) groups excluding carboxylic acids is 1. The SMILES string of the molecule is CC(=O)[C@H](C)Oc1cc2[nH]c(=O)cc(C)c2cc1C. The average Bonchev–Trinajstić information content (AvgIpc) is 2.31. The van der Waals surface area contributed by atoms with E-state index < -0.39 is 6.10 Å². The maximum Gasteiger partial charge on any atom is 0.248 e. The summed E-state index contributed by atoms with van der Waals surface area (Å²) in [6.07, 6.45) is -0.493. The minimum atomic E-state index is -0.493. The minimum Gasteiger partial charge on any atom is -0.483 e. The normalized spacial score (nSPS) is 12.4. The predicted octanol–water partition coefficient (Wildman–Crippen LogP) is 2.50. The molecule has 19 heavy (non-hydrogen) atoms. The fourth-order valence-corrected chi connectivity index (χ4v) is 1.96. The molecule has 0 bridgehead atoms. The van der Waals surface area contributed by atoms with Crippen molar-refractivity contribution in [1.82, 2.24) is 4.98 Å². The summed E-state index contributed by atoms with van der Waals surface area (Å²) in [7, 11) is 0. The molecule has 0 radical (unpaired) electrons. The zero-order valence-corrected chi connectivity index (χ0v) is 11.5. The molecular formula is C15H17NO3. The summed E-state index contributed by atoms with van der Waals surface area (Å²) in [6, 6.07) is 5.31. The number of nitrogens with one attached hydrogen (secondary N) is 1. The van der Waals surface area contributed by atoms with Gasteiger partial charge >= 0.3 is 0 Å². The Labute approximate surface area is 111 Å². The van der Waals surface area contributed by atoms with Crippen molar-refractivity contribution in [1.29, 1.82) is 0 Å². The van der Waals surface area contributed by atoms with Crippen LogP contribution in [0.15, 0.2) is 23.0 Å². The van der Waals surface area contributed by atoms with Gasteiger partial charge in [-0.15, -0.1) is 0 Å². The quantitative estimate of drug-likeness (QED) is 0.921. The van der Waals surface area contributed by atoms with E-state index >= 15 is 0 Å². The molecule has 1 N–H and O–H groups in total. The Morgan fingerprint density at radius 2 is 1.89 bits per heavy atom. The molecule has 4 nitrogen and oxygen atoms in total. The van der Waals surface area contributed by atoms with E-state index in [0.29, 0.717) is 5.75 Å². The van der Waals surface area contributed by atoms with Crippen LogP contribution in [0.2, 0.25) is 0 Å². The summed E-state index contributed by atoms with van der Waals surface area (Å²) >= 11 is 0. The van der Waals surface area contributed by atoms with Gasteiger partial charge < -0.3 is 9.72 Å². The lowest BCUT2D eigenvalue weighted by molar-refractivity contribution is -0.122. The first kappa shape index (κ1) is 13.3. The average molecular weight is 259 g/mol. The third kappa shape index (κ3) is 2.67. The van der Waals surface area contributed by atoms with Crippen LogP contribution in [0, 0.1) is 13.8 Å². The highest BCUT2D eigenvalue weighted by atomic mass is 16.5. The highest BCUT2D eigenvalue weighted by Crippen LogP contribution is 2.26. The molecule has 0 aliphatic heterocycles. The summed E-state index contributed by atoms with van der Waals surface area (Å²) in [5.74, 6) is 0.591. The van der Waals surface area contributed by atoms with Crippen LogP contribution in [0.3, 0.4) is 0 Å². The van der Waals surface area contributed by atoms with Crippen molar-refractivity contribution in [2.24, 2.45) is 0 Å². The number of pyridine rings is 1. The zero-order valence-electron chi connectivity index (χ0n) is 11.5. The van der Waals surface area contributed by atoms with E-state index in [1.165, 1.54) is 6.92 Å². The molecule has 0 amide bonds. The van der Waals surface area contributed by atoms with E-state index in [9.17, 15) is 9.59 Å². The van der Waals surface area contributed by atoms with Crippen molar-refractivity contribution in [3.8, 4) is 5.75 Å². The van der Waals surface area contributed by atoms with Gasteiger partial charge in [0.15, 0.2) is 11.9 Å². The molecule has 0 aliphatic rings. The maximum absolute atomic E-state index is 11.5. The molecule has 0 saturated heterocycles. The van der Waals surface area contributed by atoms with E-state index in [1.807, 2.05) is 19.9 Å². The number of ketones is 1. The monoisotopic (exact) mass is 259 g/mol. The molecular weight excluding hydrogens is 242 g/mol. The molecule has 100 valence electrons. The lowest BCUT2D eigenvalue weighted by atomic mass is 10.1. The van der Waals surface area contributed by atoms with Gasteiger partial charge in [-0.25, -0.2) is 0 Å². The van der Waals surface area contributed by atoms with Gasteiger partial charge in [0.05, 0.1) is 5.52 Å². The topological polar surface area (TPSA) is 59.2 Å². The van der Waals surface area contributed by atoms with Crippen LogP contribution in [0.4, 0.5) is 0 Å². The molecule has 0 spiro atoms. The standard InChI is InChI=1S/C15H17NO3/c1-8-6-15(18)16-13-7-14(9(2)5-12(8)13)19-11(4)10(3)17/h5-7,11H,1-4H3,(H,16,18)/t11-/m0/s1. The first-order valence-corrected chi connectivity index (χ1v) is 6.20. The molecule has 0 saturated carbocycles. The van der Waals surface area contributed by atoms with Crippen molar-refractivity contribution in [2.75, 3.05) is 0 Å². The van der Waals surface area contributed by atoms with Crippen LogP contribution in [0.5, 0.6) is 5.75 Å². The number of ether oxygens (including phenoxy) is 1. The molecule has 2 aromatic rings. The second-order valence-electron chi connectivity index (χ2n) is 4.85. The largest absolute Gasteiger partial charge is 0.483 e. The number of aromatic nitrogens is 1. The lowest BCUT2D eigenvalue weighted by Crippen LogP contribution is -2.21. The van der Waals surface area contributed by atoms with E-state index in [0.717, 1.165) is 22.0 Å². The molecule has 1 aromatic heterocycles. The summed E-state index contributed by atoms with van der Waals surface area (Å²) in [4.78, 5) is 25.5. The number of hydrogen-bond acceptors (Lipinski definition) is 3. The van der Waals surface area contributed by atoms with Crippen LogP contribution >= 0.6 is 0 Å². The Morgan fingerprint density at radius 1 is 1.21 bits per heavy atom. The van der Waals surface area contributed by atoms with Crippen LogP contribution in [-0.4, -0.2) is 16.9 Å². The number of fused-ring (bicyclic) bond motifs is 1. The number of carbonyl (C=O) groups is 1. The van der Waals surface area contributed by atoms with Crippen molar-refractivity contribution in [3.63, 3.8) is 0 Å². The summed E-state index contributed by atoms with van der Waals surface area (Å²) in [6.45, 7) is 7.03. The number of hydrogen-bond donors (Lipinski definition) is 1. The van der Waals surface area contributed by atoms with Gasteiger partial charge in [-0.2, -0.15) is 0 Å². The molecule has 0 unspecified atom stereocenters. The molecule has 0 fully saturated rings. The van der Waals surface area contributed by atoms with Gasteiger partial charge in [0.25, 0.3) is 0 Å². The Balaban J connectivity index is 2.55. The number of Topliss-reactive ketones (excluding diaryl/α,β-unsaturated/α-hetero) is 1. The summed E-state index contributed by atoms with van der Waals surface area (Å²) in [5.41, 5.74) is 2.45. The maximum atomic E-state index is 11.5. The van der Waals surface area contributed by atoms with E-state index in [-0.39, 0.29) is 11.3 Å². The van der Waals surface area contributed by atoms with Crippen LogP contribution in [0.1, 0.15) is 25.0 Å². The Morgan fingerprint density at radius 3 is 2.53 bits per heavy atom. The van der Waals surface area contributed by atoms with E-state index in [4.69, 9.17) is 4.74 Å². The van der Waals surface area contributed by atoms with Crippen molar-refractivity contribution in [2.45, 2.75) is 33.8 Å².